The van der Waals surface area contributed by atoms with Gasteiger partial charge in [-0.2, -0.15) is 0 Å². The summed E-state index contributed by atoms with van der Waals surface area (Å²) in [7, 11) is 1.99. The maximum Gasteiger partial charge on any atom is 0.117 e. The highest BCUT2D eigenvalue weighted by atomic mass is 127. The second kappa shape index (κ2) is 4.00. The molecule has 0 aromatic heterocycles. The number of alkyl halides is 1. The summed E-state index contributed by atoms with van der Waals surface area (Å²) in [5, 5.41) is 3.26. The fraction of sp³-hybridized carbons (Fsp3) is 0.600. The van der Waals surface area contributed by atoms with Crippen LogP contribution in [0.1, 0.15) is 12.8 Å². The van der Waals surface area contributed by atoms with Gasteiger partial charge < -0.3 is 10.1 Å². The minimum absolute atomic E-state index is 0.416. The first-order chi connectivity index (χ1) is 6.29. The Balaban J connectivity index is 1.98. The van der Waals surface area contributed by atoms with Gasteiger partial charge in [0.2, 0.25) is 0 Å². The molecule has 2 aliphatic carbocycles. The van der Waals surface area contributed by atoms with Crippen LogP contribution in [0.4, 0.5) is 0 Å². The van der Waals surface area contributed by atoms with Crippen molar-refractivity contribution >= 4 is 22.6 Å². The molecule has 0 saturated heterocycles. The van der Waals surface area contributed by atoms with E-state index in [9.17, 15) is 0 Å². The first kappa shape index (κ1) is 9.52. The molecule has 0 aromatic carbocycles. The highest BCUT2D eigenvalue weighted by Gasteiger charge is 2.25. The Morgan fingerprint density at radius 3 is 2.92 bits per heavy atom. The number of likely N-dealkylation sites (N-methyl/N-ethyl adjacent to an activating group) is 1. The van der Waals surface area contributed by atoms with Crippen LogP contribution < -0.4 is 5.32 Å². The molecule has 1 N–H and O–H groups in total. The van der Waals surface area contributed by atoms with Crippen LogP contribution >= 0.6 is 22.6 Å². The smallest absolute Gasteiger partial charge is 0.117 e. The zero-order valence-electron chi connectivity index (χ0n) is 7.66. The topological polar surface area (TPSA) is 21.3 Å². The molecule has 2 rings (SSSR count). The fourth-order valence-electron chi connectivity index (χ4n) is 1.33. The van der Waals surface area contributed by atoms with Crippen LogP contribution in [0, 0.1) is 0 Å². The van der Waals surface area contributed by atoms with Gasteiger partial charge in [0.25, 0.3) is 0 Å². The standard InChI is InChI=1S/C10H14INO/c1-12-10-6-8(4-5-9(10)11)13-7-2-3-7/h4-7,9-10,12H,2-3H2,1H3. The second-order valence-corrected chi connectivity index (χ2v) is 4.94. The number of allylic oxidation sites excluding steroid dienone is 1. The Morgan fingerprint density at radius 2 is 2.31 bits per heavy atom. The van der Waals surface area contributed by atoms with Crippen molar-refractivity contribution in [2.75, 3.05) is 7.05 Å². The van der Waals surface area contributed by atoms with Crippen LogP contribution in [0.3, 0.4) is 0 Å². The lowest BCUT2D eigenvalue weighted by Gasteiger charge is -2.21. The van der Waals surface area contributed by atoms with Crippen molar-refractivity contribution < 1.29 is 4.74 Å². The quantitative estimate of drug-likeness (QED) is 0.634. The minimum atomic E-state index is 0.416. The van der Waals surface area contributed by atoms with Crippen LogP contribution in [-0.2, 0) is 4.74 Å². The van der Waals surface area contributed by atoms with Gasteiger partial charge in [0.05, 0.1) is 6.10 Å². The summed E-state index contributed by atoms with van der Waals surface area (Å²) in [5.41, 5.74) is 0. The molecule has 2 unspecified atom stereocenters. The number of ether oxygens (including phenoxy) is 1. The highest BCUT2D eigenvalue weighted by molar-refractivity contribution is 14.1. The molecule has 72 valence electrons. The molecule has 13 heavy (non-hydrogen) atoms. The largest absolute Gasteiger partial charge is 0.491 e. The molecule has 0 amide bonds. The average molecular weight is 291 g/mol. The van der Waals surface area contributed by atoms with E-state index in [-0.39, 0.29) is 0 Å². The number of hydrogen-bond acceptors (Lipinski definition) is 2. The van der Waals surface area contributed by atoms with E-state index in [1.807, 2.05) is 7.05 Å². The maximum atomic E-state index is 5.71. The van der Waals surface area contributed by atoms with Gasteiger partial charge in [0, 0.05) is 9.97 Å². The zero-order chi connectivity index (χ0) is 9.26. The lowest BCUT2D eigenvalue weighted by atomic mass is 10.1. The van der Waals surface area contributed by atoms with E-state index in [1.165, 1.54) is 12.8 Å². The molecule has 0 bridgehead atoms. The van der Waals surface area contributed by atoms with Gasteiger partial charge in [-0.3, -0.25) is 0 Å². The van der Waals surface area contributed by atoms with Gasteiger partial charge in [-0.15, -0.1) is 0 Å². The molecule has 1 fully saturated rings. The molecule has 2 atom stereocenters. The SMILES string of the molecule is CNC1C=C(OC2CC2)C=CC1I. The van der Waals surface area contributed by atoms with E-state index in [1.54, 1.807) is 0 Å². The van der Waals surface area contributed by atoms with Crippen LogP contribution in [-0.4, -0.2) is 23.1 Å². The second-order valence-electron chi connectivity index (χ2n) is 3.50. The van der Waals surface area contributed by atoms with E-state index >= 15 is 0 Å². The first-order valence-electron chi connectivity index (χ1n) is 4.67. The van der Waals surface area contributed by atoms with E-state index in [0.717, 1.165) is 5.76 Å². The highest BCUT2D eigenvalue weighted by Crippen LogP contribution is 2.28. The van der Waals surface area contributed by atoms with Crippen molar-refractivity contribution in [3.63, 3.8) is 0 Å². The van der Waals surface area contributed by atoms with Crippen LogP contribution in [0.2, 0.25) is 0 Å². The lowest BCUT2D eigenvalue weighted by Crippen LogP contribution is -2.33. The third-order valence-corrected chi connectivity index (χ3v) is 3.48. The summed E-state index contributed by atoms with van der Waals surface area (Å²) < 4.78 is 6.25. The number of rotatable bonds is 3. The summed E-state index contributed by atoms with van der Waals surface area (Å²) in [6, 6.07) is 0.416. The molecule has 3 heteroatoms. The summed E-state index contributed by atoms with van der Waals surface area (Å²) in [6.07, 6.45) is 9.41. The van der Waals surface area contributed by atoms with Crippen molar-refractivity contribution in [2.24, 2.45) is 0 Å². The van der Waals surface area contributed by atoms with E-state index < -0.39 is 0 Å². The zero-order valence-corrected chi connectivity index (χ0v) is 9.82. The van der Waals surface area contributed by atoms with Gasteiger partial charge in [-0.05, 0) is 32.0 Å². The van der Waals surface area contributed by atoms with Crippen molar-refractivity contribution in [1.29, 1.82) is 0 Å². The van der Waals surface area contributed by atoms with Crippen molar-refractivity contribution in [3.8, 4) is 0 Å². The Morgan fingerprint density at radius 1 is 1.54 bits per heavy atom. The van der Waals surface area contributed by atoms with Crippen molar-refractivity contribution in [1.82, 2.24) is 5.32 Å². The van der Waals surface area contributed by atoms with Gasteiger partial charge in [0.15, 0.2) is 0 Å². The molecule has 0 aliphatic heterocycles. The predicted molar refractivity (Wildman–Crippen MR) is 62.0 cm³/mol. The Labute approximate surface area is 92.6 Å². The average Bonchev–Trinajstić information content (AvgIpc) is 2.92. The number of hydrogen-bond donors (Lipinski definition) is 1. The Kier molecular flexibility index (Phi) is 2.93. The summed E-state index contributed by atoms with van der Waals surface area (Å²) >= 11 is 2.43. The third kappa shape index (κ3) is 2.47. The molecular formula is C10H14INO. The van der Waals surface area contributed by atoms with Gasteiger partial charge in [-0.1, -0.05) is 28.7 Å². The first-order valence-corrected chi connectivity index (χ1v) is 5.92. The van der Waals surface area contributed by atoms with Crippen molar-refractivity contribution in [3.05, 3.63) is 24.0 Å². The van der Waals surface area contributed by atoms with Crippen LogP contribution in [0.15, 0.2) is 24.0 Å². The number of halogens is 1. The van der Waals surface area contributed by atoms with E-state index in [4.69, 9.17) is 4.74 Å². The molecule has 2 nitrogen and oxygen atoms in total. The molecule has 0 radical (unpaired) electrons. The normalized spacial score (nSPS) is 32.9. The van der Waals surface area contributed by atoms with E-state index in [2.05, 4.69) is 46.1 Å². The predicted octanol–water partition coefficient (Wildman–Crippen LogP) is 2.01. The third-order valence-electron chi connectivity index (χ3n) is 2.29. The van der Waals surface area contributed by atoms with Gasteiger partial charge in [-0.25, -0.2) is 0 Å². The summed E-state index contributed by atoms with van der Waals surface area (Å²) in [6.45, 7) is 0. The molecule has 0 aromatic rings. The maximum absolute atomic E-state index is 5.71. The van der Waals surface area contributed by atoms with Gasteiger partial charge >= 0.3 is 0 Å². The van der Waals surface area contributed by atoms with Gasteiger partial charge in [0.1, 0.15) is 5.76 Å². The monoisotopic (exact) mass is 291 g/mol. The number of nitrogens with one attached hydrogen (secondary N) is 1. The van der Waals surface area contributed by atoms with E-state index in [0.29, 0.717) is 16.1 Å². The van der Waals surface area contributed by atoms with Crippen LogP contribution in [0.25, 0.3) is 0 Å². The molecule has 1 saturated carbocycles. The molecule has 2 aliphatic rings. The summed E-state index contributed by atoms with van der Waals surface area (Å²) in [5.74, 6) is 1.04. The van der Waals surface area contributed by atoms with Crippen LogP contribution in [0.5, 0.6) is 0 Å². The minimum Gasteiger partial charge on any atom is -0.491 e. The molecule has 0 heterocycles. The Hall–Kier alpha value is -0.0300. The Bertz CT molecular complexity index is 245. The lowest BCUT2D eigenvalue weighted by molar-refractivity contribution is 0.206. The molecule has 0 spiro atoms. The molecular weight excluding hydrogens is 277 g/mol. The van der Waals surface area contributed by atoms with Crippen molar-refractivity contribution in [2.45, 2.75) is 28.9 Å². The summed E-state index contributed by atoms with van der Waals surface area (Å²) in [4.78, 5) is 0. The fourth-order valence-corrected chi connectivity index (χ4v) is 2.11.